The summed E-state index contributed by atoms with van der Waals surface area (Å²) in [4.78, 5) is 35.0. The minimum absolute atomic E-state index is 0.180. The molecule has 9 nitrogen and oxygen atoms in total. The molecule has 0 saturated carbocycles. The molecule has 2 aromatic carbocycles. The first-order chi connectivity index (χ1) is 14.5. The fraction of sp³-hybridized carbons (Fsp3) is 0.238. The van der Waals surface area contributed by atoms with Crippen LogP contribution in [0.4, 0.5) is 5.69 Å². The summed E-state index contributed by atoms with van der Waals surface area (Å²) in [5.41, 5.74) is 3.40. The van der Waals surface area contributed by atoms with Gasteiger partial charge in [0, 0.05) is 12.2 Å². The van der Waals surface area contributed by atoms with Gasteiger partial charge >= 0.3 is 11.8 Å². The summed E-state index contributed by atoms with van der Waals surface area (Å²) in [6.07, 6.45) is 2.10. The number of ether oxygens (including phenoxy) is 2. The average Bonchev–Trinajstić information content (AvgIpc) is 2.76. The van der Waals surface area contributed by atoms with E-state index >= 15 is 0 Å². The molecule has 0 aliphatic carbocycles. The van der Waals surface area contributed by atoms with Crippen LogP contribution in [0.2, 0.25) is 0 Å². The number of carbonyl (C=O) groups is 3. The van der Waals surface area contributed by atoms with Gasteiger partial charge in [-0.1, -0.05) is 19.1 Å². The van der Waals surface area contributed by atoms with Gasteiger partial charge in [-0.25, -0.2) is 5.43 Å². The van der Waals surface area contributed by atoms with Gasteiger partial charge in [-0.3, -0.25) is 14.4 Å². The predicted molar refractivity (Wildman–Crippen MR) is 113 cm³/mol. The van der Waals surface area contributed by atoms with Gasteiger partial charge in [0.2, 0.25) is 0 Å². The lowest BCUT2D eigenvalue weighted by atomic mass is 10.2. The Bertz CT molecular complexity index is 897. The quantitative estimate of drug-likeness (QED) is 0.329. The zero-order valence-electron chi connectivity index (χ0n) is 16.8. The molecule has 0 unspecified atom stereocenters. The van der Waals surface area contributed by atoms with Gasteiger partial charge in [-0.2, -0.15) is 5.10 Å². The maximum absolute atomic E-state index is 12.0. The number of nitrogens with zero attached hydrogens (tertiary/aromatic N) is 1. The van der Waals surface area contributed by atoms with Gasteiger partial charge in [0.25, 0.3) is 5.91 Å². The molecule has 0 aliphatic rings. The number of anilines is 1. The van der Waals surface area contributed by atoms with Crippen LogP contribution < -0.4 is 25.5 Å². The number of rotatable bonds is 9. The molecule has 0 bridgehead atoms. The van der Waals surface area contributed by atoms with Gasteiger partial charge in [0.05, 0.1) is 13.3 Å². The fourth-order valence-electron chi connectivity index (χ4n) is 2.24. The molecule has 30 heavy (non-hydrogen) atoms. The molecule has 0 spiro atoms. The van der Waals surface area contributed by atoms with E-state index in [0.717, 1.165) is 6.42 Å². The number of carbonyl (C=O) groups excluding carboxylic acids is 3. The molecule has 0 radical (unpaired) electrons. The summed E-state index contributed by atoms with van der Waals surface area (Å²) in [6, 6.07) is 13.7. The van der Waals surface area contributed by atoms with Crippen molar-refractivity contribution in [2.75, 3.05) is 25.6 Å². The maximum Gasteiger partial charge on any atom is 0.329 e. The Hall–Kier alpha value is -3.88. The number of methoxy groups -OCH3 is 1. The standard InChI is InChI=1S/C21H24N4O5/c1-3-11-22-20(27)21(28)25-23-13-15-5-4-6-18(12-15)30-14-19(26)24-16-7-9-17(29-2)10-8-16/h4-10,12-13H,3,11,14H2,1-2H3,(H,22,27)(H,24,26)(H,25,28)/b23-13-. The molecule has 0 aromatic heterocycles. The predicted octanol–water partition coefficient (Wildman–Crippen LogP) is 1.69. The van der Waals surface area contributed by atoms with E-state index in [9.17, 15) is 14.4 Å². The lowest BCUT2D eigenvalue weighted by Crippen LogP contribution is -2.38. The first kappa shape index (κ1) is 22.4. The van der Waals surface area contributed by atoms with Crippen molar-refractivity contribution in [1.29, 1.82) is 0 Å². The Labute approximate surface area is 174 Å². The van der Waals surface area contributed by atoms with Crippen LogP contribution >= 0.6 is 0 Å². The first-order valence-electron chi connectivity index (χ1n) is 9.29. The van der Waals surface area contributed by atoms with Crippen molar-refractivity contribution in [2.45, 2.75) is 13.3 Å². The summed E-state index contributed by atoms with van der Waals surface area (Å²) in [5, 5.41) is 8.92. The lowest BCUT2D eigenvalue weighted by molar-refractivity contribution is -0.139. The SMILES string of the molecule is CCCNC(=O)C(=O)N/N=C\c1cccc(OCC(=O)Nc2ccc(OC)cc2)c1. The molecule has 0 aliphatic heterocycles. The number of hydrogen-bond acceptors (Lipinski definition) is 6. The molecule has 0 atom stereocenters. The van der Waals surface area contributed by atoms with Gasteiger partial charge in [-0.15, -0.1) is 0 Å². The van der Waals surface area contributed by atoms with E-state index in [1.165, 1.54) is 6.21 Å². The molecule has 2 aromatic rings. The van der Waals surface area contributed by atoms with E-state index in [0.29, 0.717) is 29.3 Å². The number of nitrogens with one attached hydrogen (secondary N) is 3. The summed E-state index contributed by atoms with van der Waals surface area (Å²) in [5.74, 6) is -0.753. The second-order valence-electron chi connectivity index (χ2n) is 6.09. The van der Waals surface area contributed by atoms with Crippen molar-refractivity contribution in [2.24, 2.45) is 5.10 Å². The van der Waals surface area contributed by atoms with Gasteiger partial charge < -0.3 is 20.1 Å². The van der Waals surface area contributed by atoms with E-state index < -0.39 is 11.8 Å². The highest BCUT2D eigenvalue weighted by molar-refractivity contribution is 6.35. The van der Waals surface area contributed by atoms with Gasteiger partial charge in [0.15, 0.2) is 6.61 Å². The van der Waals surface area contributed by atoms with Gasteiger partial charge in [-0.05, 0) is 48.4 Å². The van der Waals surface area contributed by atoms with Crippen LogP contribution in [-0.4, -0.2) is 44.2 Å². The highest BCUT2D eigenvalue weighted by Gasteiger charge is 2.10. The number of hydrazone groups is 1. The lowest BCUT2D eigenvalue weighted by Gasteiger charge is -2.08. The zero-order chi connectivity index (χ0) is 21.8. The molecular formula is C21H24N4O5. The highest BCUT2D eigenvalue weighted by atomic mass is 16.5. The van der Waals surface area contributed by atoms with Crippen LogP contribution in [0.1, 0.15) is 18.9 Å². The Balaban J connectivity index is 1.82. The van der Waals surface area contributed by atoms with Crippen LogP contribution in [0.3, 0.4) is 0 Å². The second kappa shape index (κ2) is 11.8. The molecule has 3 N–H and O–H groups in total. The Morgan fingerprint density at radius 1 is 1.03 bits per heavy atom. The highest BCUT2D eigenvalue weighted by Crippen LogP contribution is 2.15. The molecule has 3 amide bonds. The third kappa shape index (κ3) is 7.63. The monoisotopic (exact) mass is 412 g/mol. The minimum Gasteiger partial charge on any atom is -0.497 e. The number of amides is 3. The van der Waals surface area contributed by atoms with Crippen LogP contribution in [0.25, 0.3) is 0 Å². The fourth-order valence-corrected chi connectivity index (χ4v) is 2.24. The van der Waals surface area contributed by atoms with Crippen molar-refractivity contribution in [3.05, 3.63) is 54.1 Å². The third-order valence-corrected chi connectivity index (χ3v) is 3.72. The minimum atomic E-state index is -0.845. The van der Waals surface area contributed by atoms with Crippen LogP contribution in [0, 0.1) is 0 Å². The Morgan fingerprint density at radius 3 is 2.50 bits per heavy atom. The Kier molecular flexibility index (Phi) is 8.85. The van der Waals surface area contributed by atoms with Crippen LogP contribution in [0.5, 0.6) is 11.5 Å². The third-order valence-electron chi connectivity index (χ3n) is 3.72. The summed E-state index contributed by atoms with van der Waals surface area (Å²) in [6.45, 7) is 2.12. The average molecular weight is 412 g/mol. The van der Waals surface area contributed by atoms with Crippen molar-refractivity contribution >= 4 is 29.6 Å². The van der Waals surface area contributed by atoms with E-state index in [1.807, 2.05) is 6.92 Å². The zero-order valence-corrected chi connectivity index (χ0v) is 16.8. The summed E-state index contributed by atoms with van der Waals surface area (Å²) >= 11 is 0. The molecular weight excluding hydrogens is 388 g/mol. The van der Waals surface area contributed by atoms with Crippen molar-refractivity contribution in [1.82, 2.24) is 10.7 Å². The first-order valence-corrected chi connectivity index (χ1v) is 9.29. The molecule has 0 fully saturated rings. The molecule has 158 valence electrons. The van der Waals surface area contributed by atoms with E-state index in [1.54, 1.807) is 55.6 Å². The molecule has 2 rings (SSSR count). The van der Waals surface area contributed by atoms with Crippen molar-refractivity contribution in [3.8, 4) is 11.5 Å². The second-order valence-corrected chi connectivity index (χ2v) is 6.09. The maximum atomic E-state index is 12.0. The van der Waals surface area contributed by atoms with Crippen LogP contribution in [-0.2, 0) is 14.4 Å². The van der Waals surface area contributed by atoms with Crippen molar-refractivity contribution < 1.29 is 23.9 Å². The van der Waals surface area contributed by atoms with Crippen LogP contribution in [0.15, 0.2) is 53.6 Å². The van der Waals surface area contributed by atoms with Gasteiger partial charge in [0.1, 0.15) is 11.5 Å². The molecule has 0 saturated heterocycles. The Morgan fingerprint density at radius 2 is 1.80 bits per heavy atom. The van der Waals surface area contributed by atoms with E-state index in [2.05, 4.69) is 21.2 Å². The van der Waals surface area contributed by atoms with Crippen molar-refractivity contribution in [3.63, 3.8) is 0 Å². The van der Waals surface area contributed by atoms with E-state index in [4.69, 9.17) is 9.47 Å². The smallest absolute Gasteiger partial charge is 0.329 e. The number of hydrogen-bond donors (Lipinski definition) is 3. The summed E-state index contributed by atoms with van der Waals surface area (Å²) in [7, 11) is 1.57. The topological polar surface area (TPSA) is 118 Å². The number of benzene rings is 2. The molecule has 0 heterocycles. The molecule has 9 heteroatoms. The largest absolute Gasteiger partial charge is 0.497 e. The van der Waals surface area contributed by atoms with E-state index in [-0.39, 0.29) is 12.5 Å². The normalized spacial score (nSPS) is 10.3. The summed E-state index contributed by atoms with van der Waals surface area (Å²) < 4.78 is 10.6.